The minimum Gasteiger partial charge on any atom is -0.320 e. The third-order valence-corrected chi connectivity index (χ3v) is 5.97. The molecule has 1 aromatic heterocycles. The molecule has 8 heteroatoms. The molecule has 0 fully saturated rings. The van der Waals surface area contributed by atoms with Crippen molar-refractivity contribution < 1.29 is 22.0 Å². The van der Waals surface area contributed by atoms with Gasteiger partial charge >= 0.3 is 5.76 Å². The predicted molar refractivity (Wildman–Crippen MR) is 90.6 cm³/mol. The monoisotopic (exact) mass is 373 g/mol. The van der Waals surface area contributed by atoms with Crippen molar-refractivity contribution in [2.45, 2.75) is 37.3 Å². The van der Waals surface area contributed by atoms with E-state index in [1.807, 2.05) is 13.8 Å². The largest absolute Gasteiger partial charge is 0.341 e. The molecule has 24 heavy (non-hydrogen) atoms. The van der Waals surface area contributed by atoms with Gasteiger partial charge in [-0.25, -0.2) is 8.42 Å². The molecule has 1 aromatic carbocycles. The molecular weight excluding hydrogens is 356 g/mol. The molecule has 130 valence electrons. The number of amides is 1. The fourth-order valence-corrected chi connectivity index (χ4v) is 4.10. The van der Waals surface area contributed by atoms with Crippen molar-refractivity contribution in [1.82, 2.24) is 0 Å². The van der Waals surface area contributed by atoms with E-state index < -0.39 is 26.4 Å². The lowest BCUT2D eigenvalue weighted by atomic mass is 10.1. The third-order valence-electron chi connectivity index (χ3n) is 3.44. The standard InChI is InChI=1S/C16H17F2NO3S2/c1-3-6-11-9-13(23-10(11)2)15(20)19-12-7-4-5-8-14(12)24(21,22)16(17)18/h4-5,7-9,16H,3,6H2,1-2H3,(H,19,20). The number of rotatable bonds is 6. The molecule has 0 aliphatic carbocycles. The number of thiophene rings is 1. The van der Waals surface area contributed by atoms with Gasteiger partial charge in [0, 0.05) is 4.88 Å². The highest BCUT2D eigenvalue weighted by atomic mass is 32.2. The van der Waals surface area contributed by atoms with Crippen LogP contribution in [0, 0.1) is 6.92 Å². The Hall–Kier alpha value is -1.80. The number of carbonyl (C=O) groups is 1. The van der Waals surface area contributed by atoms with Crippen LogP contribution < -0.4 is 5.32 Å². The van der Waals surface area contributed by atoms with Crippen molar-refractivity contribution in [3.63, 3.8) is 0 Å². The zero-order valence-corrected chi connectivity index (χ0v) is 14.8. The zero-order valence-electron chi connectivity index (χ0n) is 13.2. The molecule has 4 nitrogen and oxygen atoms in total. The first kappa shape index (κ1) is 18.5. The number of alkyl halides is 2. The van der Waals surface area contributed by atoms with Gasteiger partial charge in [0.25, 0.3) is 5.91 Å². The number of para-hydroxylation sites is 1. The minimum absolute atomic E-state index is 0.147. The second kappa shape index (κ2) is 7.40. The molecule has 1 heterocycles. The maximum atomic E-state index is 12.8. The zero-order chi connectivity index (χ0) is 17.9. The summed E-state index contributed by atoms with van der Waals surface area (Å²) in [6, 6.07) is 6.91. The summed E-state index contributed by atoms with van der Waals surface area (Å²) < 4.78 is 49.0. The van der Waals surface area contributed by atoms with Crippen LogP contribution in [0.2, 0.25) is 0 Å². The molecule has 2 rings (SSSR count). The lowest BCUT2D eigenvalue weighted by Gasteiger charge is -2.10. The SMILES string of the molecule is CCCc1cc(C(=O)Nc2ccccc2S(=O)(=O)C(F)F)sc1C. The van der Waals surface area contributed by atoms with E-state index in [0.717, 1.165) is 29.3 Å². The molecule has 0 bridgehead atoms. The van der Waals surface area contributed by atoms with Gasteiger partial charge in [-0.1, -0.05) is 25.5 Å². The van der Waals surface area contributed by atoms with Gasteiger partial charge in [0.15, 0.2) is 0 Å². The highest BCUT2D eigenvalue weighted by Gasteiger charge is 2.29. The summed E-state index contributed by atoms with van der Waals surface area (Å²) in [4.78, 5) is 13.2. The number of hydrogen-bond donors (Lipinski definition) is 1. The van der Waals surface area contributed by atoms with Crippen molar-refractivity contribution in [3.05, 3.63) is 45.6 Å². The van der Waals surface area contributed by atoms with Crippen LogP contribution in [0.5, 0.6) is 0 Å². The Kier molecular flexibility index (Phi) is 5.71. The molecule has 0 atom stereocenters. The number of halogens is 2. The van der Waals surface area contributed by atoms with Crippen LogP contribution in [0.4, 0.5) is 14.5 Å². The van der Waals surface area contributed by atoms with Crippen LogP contribution in [0.1, 0.15) is 33.5 Å². The van der Waals surface area contributed by atoms with Gasteiger partial charge in [0.1, 0.15) is 0 Å². The lowest BCUT2D eigenvalue weighted by molar-refractivity contribution is 0.103. The highest BCUT2D eigenvalue weighted by Crippen LogP contribution is 2.28. The van der Waals surface area contributed by atoms with Gasteiger partial charge in [0.05, 0.1) is 15.5 Å². The molecule has 1 amide bonds. The van der Waals surface area contributed by atoms with Gasteiger partial charge in [-0.2, -0.15) is 8.78 Å². The van der Waals surface area contributed by atoms with E-state index in [9.17, 15) is 22.0 Å². The fraction of sp³-hybridized carbons (Fsp3) is 0.312. The molecule has 0 saturated carbocycles. The first-order valence-corrected chi connectivity index (χ1v) is 9.65. The predicted octanol–water partition coefficient (Wildman–Crippen LogP) is 4.26. The molecule has 0 aliphatic rings. The van der Waals surface area contributed by atoms with Crippen LogP contribution in [0.15, 0.2) is 35.2 Å². The van der Waals surface area contributed by atoms with E-state index in [1.54, 1.807) is 6.07 Å². The number of aryl methyl sites for hydroxylation is 2. The van der Waals surface area contributed by atoms with Gasteiger partial charge in [-0.05, 0) is 37.1 Å². The van der Waals surface area contributed by atoms with Gasteiger partial charge < -0.3 is 5.32 Å². The van der Waals surface area contributed by atoms with E-state index >= 15 is 0 Å². The van der Waals surface area contributed by atoms with Crippen LogP contribution in [-0.2, 0) is 16.3 Å². The Morgan fingerprint density at radius 3 is 2.58 bits per heavy atom. The summed E-state index contributed by atoms with van der Waals surface area (Å²) >= 11 is 1.29. The summed E-state index contributed by atoms with van der Waals surface area (Å²) in [5, 5.41) is 2.43. The third kappa shape index (κ3) is 3.81. The average molecular weight is 373 g/mol. The lowest BCUT2D eigenvalue weighted by Crippen LogP contribution is -2.17. The molecule has 1 N–H and O–H groups in total. The maximum Gasteiger partial charge on any atom is 0.341 e. The Morgan fingerprint density at radius 1 is 1.29 bits per heavy atom. The minimum atomic E-state index is -4.79. The van der Waals surface area contributed by atoms with Crippen molar-refractivity contribution in [1.29, 1.82) is 0 Å². The number of benzene rings is 1. The normalized spacial score (nSPS) is 11.7. The first-order valence-electron chi connectivity index (χ1n) is 7.29. The molecule has 2 aromatic rings. The summed E-state index contributed by atoms with van der Waals surface area (Å²) in [7, 11) is -4.79. The summed E-state index contributed by atoms with van der Waals surface area (Å²) in [6.45, 7) is 3.93. The molecule has 0 radical (unpaired) electrons. The second-order valence-electron chi connectivity index (χ2n) is 5.20. The average Bonchev–Trinajstić information content (AvgIpc) is 2.89. The molecule has 0 spiro atoms. The number of anilines is 1. The smallest absolute Gasteiger partial charge is 0.320 e. The van der Waals surface area contributed by atoms with E-state index in [2.05, 4.69) is 5.32 Å². The van der Waals surface area contributed by atoms with Gasteiger partial charge in [0.2, 0.25) is 9.84 Å². The topological polar surface area (TPSA) is 63.2 Å². The number of nitrogens with one attached hydrogen (secondary N) is 1. The van der Waals surface area contributed by atoms with E-state index in [1.165, 1.54) is 29.5 Å². The van der Waals surface area contributed by atoms with Crippen molar-refractivity contribution in [2.75, 3.05) is 5.32 Å². The van der Waals surface area contributed by atoms with Crippen LogP contribution in [0.25, 0.3) is 0 Å². The summed E-state index contributed by atoms with van der Waals surface area (Å²) in [5.41, 5.74) is 0.909. The van der Waals surface area contributed by atoms with E-state index in [4.69, 9.17) is 0 Å². The quantitative estimate of drug-likeness (QED) is 0.823. The first-order chi connectivity index (χ1) is 11.3. The number of hydrogen-bond acceptors (Lipinski definition) is 4. The van der Waals surface area contributed by atoms with Crippen molar-refractivity contribution in [2.24, 2.45) is 0 Å². The summed E-state index contributed by atoms with van der Waals surface area (Å²) in [5.74, 6) is -4.06. The Bertz CT molecular complexity index is 845. The van der Waals surface area contributed by atoms with Crippen LogP contribution >= 0.6 is 11.3 Å². The van der Waals surface area contributed by atoms with Gasteiger partial charge in [-0.3, -0.25) is 4.79 Å². The Labute approximate surface area is 143 Å². The Morgan fingerprint density at radius 2 is 1.96 bits per heavy atom. The molecule has 0 aliphatic heterocycles. The second-order valence-corrected chi connectivity index (χ2v) is 8.34. The van der Waals surface area contributed by atoms with Crippen LogP contribution in [-0.4, -0.2) is 20.1 Å². The fourth-order valence-electron chi connectivity index (χ4n) is 2.25. The Balaban J connectivity index is 2.32. The van der Waals surface area contributed by atoms with Crippen molar-refractivity contribution in [3.8, 4) is 0 Å². The van der Waals surface area contributed by atoms with E-state index in [-0.39, 0.29) is 5.69 Å². The molecule has 0 saturated heterocycles. The molecular formula is C16H17F2NO3S2. The van der Waals surface area contributed by atoms with Gasteiger partial charge in [-0.15, -0.1) is 11.3 Å². The molecule has 0 unspecified atom stereocenters. The maximum absolute atomic E-state index is 12.8. The summed E-state index contributed by atoms with van der Waals surface area (Å²) in [6.07, 6.45) is 1.78. The van der Waals surface area contributed by atoms with E-state index in [0.29, 0.717) is 4.88 Å². The highest BCUT2D eigenvalue weighted by molar-refractivity contribution is 7.91. The van der Waals surface area contributed by atoms with Crippen LogP contribution in [0.3, 0.4) is 0 Å². The number of sulfone groups is 1. The number of carbonyl (C=O) groups excluding carboxylic acids is 1. The van der Waals surface area contributed by atoms with Crippen molar-refractivity contribution >= 4 is 32.8 Å².